The van der Waals surface area contributed by atoms with Crippen molar-refractivity contribution in [3.63, 3.8) is 0 Å². The van der Waals surface area contributed by atoms with Gasteiger partial charge in [0.15, 0.2) is 12.1 Å². The molecule has 3 aliphatic heterocycles. The summed E-state index contributed by atoms with van der Waals surface area (Å²) in [5, 5.41) is 40.4. The molecule has 0 amide bonds. The van der Waals surface area contributed by atoms with Gasteiger partial charge < -0.3 is 39.4 Å². The molecule has 0 radical (unpaired) electrons. The lowest BCUT2D eigenvalue weighted by Gasteiger charge is -2.60. The van der Waals surface area contributed by atoms with Gasteiger partial charge in [0.2, 0.25) is 0 Å². The van der Waals surface area contributed by atoms with E-state index >= 15 is 0 Å². The minimum Gasteiger partial charge on any atom is -0.394 e. The highest BCUT2D eigenvalue weighted by Crippen LogP contribution is 2.70. The van der Waals surface area contributed by atoms with Gasteiger partial charge in [-0.3, -0.25) is 4.79 Å². The molecule has 9 nitrogen and oxygen atoms in total. The molecule has 3 heterocycles. The molecule has 42 heavy (non-hydrogen) atoms. The number of fused-ring (bicyclic) bond motifs is 7. The number of hydrogen-bond acceptors (Lipinski definition) is 9. The smallest absolute Gasteiger partial charge is 0.186 e. The minimum absolute atomic E-state index is 0.0448. The van der Waals surface area contributed by atoms with E-state index in [2.05, 4.69) is 27.7 Å². The summed E-state index contributed by atoms with van der Waals surface area (Å²) in [6.07, 6.45) is 2.04. The molecule has 3 saturated heterocycles. The average molecular weight is 593 g/mol. The molecular formula is C33H52O9. The normalized spacial score (nSPS) is 59.2. The Morgan fingerprint density at radius 1 is 0.952 bits per heavy atom. The second-order valence-corrected chi connectivity index (χ2v) is 15.8. The van der Waals surface area contributed by atoms with Crippen molar-refractivity contribution in [3.8, 4) is 0 Å². The molecule has 17 atom stereocenters. The van der Waals surface area contributed by atoms with Crippen molar-refractivity contribution in [3.05, 3.63) is 0 Å². The zero-order chi connectivity index (χ0) is 29.8. The van der Waals surface area contributed by atoms with Gasteiger partial charge in [-0.25, -0.2) is 0 Å². The van der Waals surface area contributed by atoms with Crippen LogP contribution in [-0.2, 0) is 23.7 Å². The van der Waals surface area contributed by atoms with Gasteiger partial charge in [0.25, 0.3) is 0 Å². The third-order valence-electron chi connectivity index (χ3n) is 13.9. The number of carbonyl (C=O) groups is 1. The van der Waals surface area contributed by atoms with Gasteiger partial charge in [-0.05, 0) is 80.0 Å². The number of ether oxygens (including phenoxy) is 4. The predicted octanol–water partition coefficient (Wildman–Crippen LogP) is 2.80. The zero-order valence-corrected chi connectivity index (χ0v) is 25.7. The molecule has 7 fully saturated rings. The van der Waals surface area contributed by atoms with Crippen LogP contribution >= 0.6 is 0 Å². The van der Waals surface area contributed by atoms with Crippen LogP contribution in [0.2, 0.25) is 0 Å². The molecule has 9 heteroatoms. The molecule has 1 spiro atoms. The number of carbonyl (C=O) groups excluding carboxylic acids is 1. The highest BCUT2D eigenvalue weighted by atomic mass is 16.7. The lowest BCUT2D eigenvalue weighted by Crippen LogP contribution is -2.60. The first kappa shape index (κ1) is 30.0. The summed E-state index contributed by atoms with van der Waals surface area (Å²) in [6, 6.07) is 0. The summed E-state index contributed by atoms with van der Waals surface area (Å²) in [5.74, 6) is 2.52. The predicted molar refractivity (Wildman–Crippen MR) is 151 cm³/mol. The van der Waals surface area contributed by atoms with E-state index in [0.717, 1.165) is 58.0 Å². The second-order valence-electron chi connectivity index (χ2n) is 15.8. The van der Waals surface area contributed by atoms with Crippen LogP contribution in [0.4, 0.5) is 0 Å². The molecule has 0 aromatic rings. The molecule has 0 aromatic heterocycles. The van der Waals surface area contributed by atoms with E-state index in [0.29, 0.717) is 41.8 Å². The zero-order valence-electron chi connectivity index (χ0n) is 25.7. The van der Waals surface area contributed by atoms with Crippen LogP contribution in [0.25, 0.3) is 0 Å². The standard InChI is InChI=1S/C33H52O9/c1-16-7-10-33(39-15-16)17(2)26-23(42-33)12-22-20-6-5-18-11-19(40-30-29(38)28(37)27(36)24(14-34)41-30)8-9-31(18,3)21(20)13-25(35)32(22,26)4/h16-24,26-30,34,36-38H,5-15H2,1-4H3/t16-,17+,18+,19+,20-,21+,22+,23+,24-,26+,27-,28+,29-,30-,31+,32-,33-/m1/s1. The van der Waals surface area contributed by atoms with E-state index in [9.17, 15) is 25.2 Å². The quantitative estimate of drug-likeness (QED) is 0.365. The van der Waals surface area contributed by atoms with Gasteiger partial charge in [-0.1, -0.05) is 27.7 Å². The Kier molecular flexibility index (Phi) is 7.47. The van der Waals surface area contributed by atoms with Gasteiger partial charge in [0, 0.05) is 30.1 Å². The summed E-state index contributed by atoms with van der Waals surface area (Å²) in [6.45, 7) is 9.46. The van der Waals surface area contributed by atoms with E-state index in [4.69, 9.17) is 18.9 Å². The van der Waals surface area contributed by atoms with E-state index < -0.39 is 43.1 Å². The van der Waals surface area contributed by atoms with Crippen molar-refractivity contribution in [2.75, 3.05) is 13.2 Å². The minimum atomic E-state index is -1.44. The fourth-order valence-electron chi connectivity index (χ4n) is 11.4. The third-order valence-corrected chi connectivity index (χ3v) is 13.9. The summed E-state index contributed by atoms with van der Waals surface area (Å²) in [7, 11) is 0. The number of ketones is 1. The van der Waals surface area contributed by atoms with Crippen molar-refractivity contribution < 1.29 is 44.2 Å². The summed E-state index contributed by atoms with van der Waals surface area (Å²) in [5.41, 5.74) is -0.309. The molecule has 238 valence electrons. The van der Waals surface area contributed by atoms with Crippen LogP contribution in [0.5, 0.6) is 0 Å². The van der Waals surface area contributed by atoms with Crippen molar-refractivity contribution in [1.29, 1.82) is 0 Å². The Bertz CT molecular complexity index is 1040. The first-order chi connectivity index (χ1) is 19.9. The first-order valence-electron chi connectivity index (χ1n) is 16.7. The third kappa shape index (κ3) is 4.20. The van der Waals surface area contributed by atoms with Gasteiger partial charge in [-0.15, -0.1) is 0 Å². The highest BCUT2D eigenvalue weighted by molar-refractivity contribution is 5.87. The molecule has 0 aromatic carbocycles. The Morgan fingerprint density at radius 2 is 1.74 bits per heavy atom. The monoisotopic (exact) mass is 592 g/mol. The SMILES string of the molecule is C[C@@H]1CC[C@@]2(OC1)O[C@H]1C[C@H]3[C@@H]4CC[C@H]5C[C@@H](O[C@@H]6O[C@H](CO)[C@@H](O)[C@H](O)[C@H]6O)CC[C@]5(C)[C@H]4CC(=O)[C@]3(C)[C@H]1[C@@H]2C. The molecule has 0 unspecified atom stereocenters. The molecule has 4 N–H and O–H groups in total. The second kappa shape index (κ2) is 10.4. The summed E-state index contributed by atoms with van der Waals surface area (Å²) < 4.78 is 25.1. The lowest BCUT2D eigenvalue weighted by atomic mass is 9.44. The molecule has 4 saturated carbocycles. The number of hydrogen-bond donors (Lipinski definition) is 4. The van der Waals surface area contributed by atoms with Crippen molar-refractivity contribution in [1.82, 2.24) is 0 Å². The maximum Gasteiger partial charge on any atom is 0.186 e. The van der Waals surface area contributed by atoms with Crippen molar-refractivity contribution in [2.24, 2.45) is 52.3 Å². The number of aliphatic hydroxyl groups is 4. The van der Waals surface area contributed by atoms with E-state index in [1.165, 1.54) is 0 Å². The molecule has 7 aliphatic rings. The first-order valence-corrected chi connectivity index (χ1v) is 16.7. The van der Waals surface area contributed by atoms with Gasteiger partial charge >= 0.3 is 0 Å². The van der Waals surface area contributed by atoms with Crippen LogP contribution in [0.3, 0.4) is 0 Å². The number of Topliss-reactive ketones (excluding diaryl/α,β-unsaturated/α-hetero) is 1. The van der Waals surface area contributed by atoms with E-state index in [-0.39, 0.29) is 34.9 Å². The van der Waals surface area contributed by atoms with Crippen molar-refractivity contribution >= 4 is 5.78 Å². The molecule has 7 rings (SSSR count). The Morgan fingerprint density at radius 3 is 2.45 bits per heavy atom. The van der Waals surface area contributed by atoms with Crippen LogP contribution in [0.15, 0.2) is 0 Å². The highest BCUT2D eigenvalue weighted by Gasteiger charge is 2.71. The number of rotatable bonds is 3. The number of aliphatic hydroxyl groups excluding tert-OH is 4. The maximum absolute atomic E-state index is 14.3. The Balaban J connectivity index is 1.05. The maximum atomic E-state index is 14.3. The molecule has 0 bridgehead atoms. The topological polar surface area (TPSA) is 135 Å². The average Bonchev–Trinajstić information content (AvgIpc) is 3.42. The van der Waals surface area contributed by atoms with E-state index in [1.807, 2.05) is 0 Å². The van der Waals surface area contributed by atoms with Gasteiger partial charge in [0.05, 0.1) is 25.4 Å². The van der Waals surface area contributed by atoms with Crippen LogP contribution in [0.1, 0.15) is 85.5 Å². The van der Waals surface area contributed by atoms with Crippen molar-refractivity contribution in [2.45, 2.75) is 134 Å². The summed E-state index contributed by atoms with van der Waals surface area (Å²) in [4.78, 5) is 14.3. The fourth-order valence-corrected chi connectivity index (χ4v) is 11.4. The van der Waals surface area contributed by atoms with Crippen LogP contribution < -0.4 is 0 Å². The summed E-state index contributed by atoms with van der Waals surface area (Å²) >= 11 is 0. The Hall–Kier alpha value is -0.650. The van der Waals surface area contributed by atoms with Crippen LogP contribution in [0, 0.1) is 52.3 Å². The molecular weight excluding hydrogens is 540 g/mol. The lowest BCUT2D eigenvalue weighted by molar-refractivity contribution is -0.316. The molecule has 4 aliphatic carbocycles. The fraction of sp³-hybridized carbons (Fsp3) is 0.970. The van der Waals surface area contributed by atoms with Gasteiger partial charge in [0.1, 0.15) is 30.2 Å². The Labute approximate surface area is 249 Å². The van der Waals surface area contributed by atoms with E-state index in [1.54, 1.807) is 0 Å². The largest absolute Gasteiger partial charge is 0.394 e. The van der Waals surface area contributed by atoms with Crippen LogP contribution in [-0.4, -0.2) is 88.1 Å². The van der Waals surface area contributed by atoms with Gasteiger partial charge in [-0.2, -0.15) is 0 Å².